The van der Waals surface area contributed by atoms with Gasteiger partial charge in [-0.3, -0.25) is 4.79 Å². The summed E-state index contributed by atoms with van der Waals surface area (Å²) in [5, 5.41) is 7.61. The molecule has 0 atom stereocenters. The molecule has 1 fully saturated rings. The van der Waals surface area contributed by atoms with E-state index in [4.69, 9.17) is 4.74 Å². The molecule has 2 aromatic rings. The van der Waals surface area contributed by atoms with Crippen LogP contribution in [0.1, 0.15) is 48.2 Å². The van der Waals surface area contributed by atoms with E-state index in [0.29, 0.717) is 23.2 Å². The molecule has 0 unspecified atom stereocenters. The number of thiophene rings is 1. The minimum atomic E-state index is -0.0456. The lowest BCUT2D eigenvalue weighted by atomic mass is 10.1. The zero-order valence-corrected chi connectivity index (χ0v) is 15.1. The molecule has 0 saturated heterocycles. The highest BCUT2D eigenvalue weighted by Crippen LogP contribution is 2.37. The van der Waals surface area contributed by atoms with Gasteiger partial charge in [0.05, 0.1) is 7.11 Å². The Morgan fingerprint density at radius 3 is 2.67 bits per heavy atom. The van der Waals surface area contributed by atoms with Crippen molar-refractivity contribution >= 4 is 27.3 Å². The van der Waals surface area contributed by atoms with E-state index in [1.165, 1.54) is 49.9 Å². The van der Waals surface area contributed by atoms with Crippen LogP contribution < -0.4 is 15.4 Å². The summed E-state index contributed by atoms with van der Waals surface area (Å²) in [6, 6.07) is 8.58. The molecule has 4 nitrogen and oxygen atoms in total. The van der Waals surface area contributed by atoms with Crippen LogP contribution in [-0.4, -0.2) is 32.1 Å². The Kier molecular flexibility index (Phi) is 6.10. The van der Waals surface area contributed by atoms with Gasteiger partial charge in [-0.1, -0.05) is 37.8 Å². The van der Waals surface area contributed by atoms with Crippen molar-refractivity contribution in [1.82, 2.24) is 10.6 Å². The largest absolute Gasteiger partial charge is 0.494 e. The molecule has 5 heteroatoms. The summed E-state index contributed by atoms with van der Waals surface area (Å²) in [6.45, 7) is 1.47. The SMILES string of the molecule is COc1c(C(=O)NCCNC2CCCCCC2)sc2ccccc12. The zero-order valence-electron chi connectivity index (χ0n) is 14.3. The Labute approximate surface area is 147 Å². The van der Waals surface area contributed by atoms with Crippen molar-refractivity contribution in [3.05, 3.63) is 29.1 Å². The molecule has 1 aromatic heterocycles. The molecule has 1 amide bonds. The summed E-state index contributed by atoms with van der Waals surface area (Å²) in [7, 11) is 1.62. The van der Waals surface area contributed by atoms with Crippen molar-refractivity contribution in [2.75, 3.05) is 20.2 Å². The second-order valence-electron chi connectivity index (χ2n) is 6.36. The predicted molar refractivity (Wildman–Crippen MR) is 100 cm³/mol. The fourth-order valence-electron chi connectivity index (χ4n) is 3.39. The highest BCUT2D eigenvalue weighted by molar-refractivity contribution is 7.21. The van der Waals surface area contributed by atoms with E-state index in [2.05, 4.69) is 10.6 Å². The van der Waals surface area contributed by atoms with Gasteiger partial charge in [0.15, 0.2) is 0 Å². The van der Waals surface area contributed by atoms with Crippen LogP contribution in [0.4, 0.5) is 0 Å². The lowest BCUT2D eigenvalue weighted by Gasteiger charge is -2.16. The molecule has 0 spiro atoms. The number of benzene rings is 1. The first-order chi connectivity index (χ1) is 11.8. The maximum atomic E-state index is 12.5. The molecule has 0 radical (unpaired) electrons. The van der Waals surface area contributed by atoms with E-state index in [1.54, 1.807) is 7.11 Å². The fourth-order valence-corrected chi connectivity index (χ4v) is 4.48. The molecule has 3 rings (SSSR count). The summed E-state index contributed by atoms with van der Waals surface area (Å²) < 4.78 is 6.55. The van der Waals surface area contributed by atoms with E-state index >= 15 is 0 Å². The number of hydrogen-bond donors (Lipinski definition) is 2. The lowest BCUT2D eigenvalue weighted by Crippen LogP contribution is -2.36. The van der Waals surface area contributed by atoms with Gasteiger partial charge in [0.25, 0.3) is 5.91 Å². The molecule has 0 aliphatic heterocycles. The summed E-state index contributed by atoms with van der Waals surface area (Å²) in [6.07, 6.45) is 7.89. The topological polar surface area (TPSA) is 50.4 Å². The number of rotatable bonds is 6. The Hall–Kier alpha value is -1.59. The van der Waals surface area contributed by atoms with Gasteiger partial charge in [0, 0.05) is 29.2 Å². The van der Waals surface area contributed by atoms with Crippen LogP contribution in [-0.2, 0) is 0 Å². The van der Waals surface area contributed by atoms with E-state index in [9.17, 15) is 4.79 Å². The number of carbonyl (C=O) groups excluding carboxylic acids is 1. The van der Waals surface area contributed by atoms with E-state index in [1.807, 2.05) is 24.3 Å². The Morgan fingerprint density at radius 2 is 1.92 bits per heavy atom. The first-order valence-electron chi connectivity index (χ1n) is 8.86. The molecule has 1 saturated carbocycles. The predicted octanol–water partition coefficient (Wildman–Crippen LogP) is 3.95. The quantitative estimate of drug-likeness (QED) is 0.615. The number of fused-ring (bicyclic) bond motifs is 1. The van der Waals surface area contributed by atoms with Crippen molar-refractivity contribution in [2.24, 2.45) is 0 Å². The fraction of sp³-hybridized carbons (Fsp3) is 0.526. The smallest absolute Gasteiger partial charge is 0.265 e. The zero-order chi connectivity index (χ0) is 16.8. The maximum Gasteiger partial charge on any atom is 0.265 e. The molecular weight excluding hydrogens is 320 g/mol. The average molecular weight is 346 g/mol. The van der Waals surface area contributed by atoms with E-state index in [0.717, 1.165) is 16.6 Å². The third kappa shape index (κ3) is 4.08. The number of ether oxygens (including phenoxy) is 1. The summed E-state index contributed by atoms with van der Waals surface area (Å²) in [5.74, 6) is 0.639. The Morgan fingerprint density at radius 1 is 1.17 bits per heavy atom. The van der Waals surface area contributed by atoms with Gasteiger partial charge >= 0.3 is 0 Å². The number of hydrogen-bond acceptors (Lipinski definition) is 4. The lowest BCUT2D eigenvalue weighted by molar-refractivity contribution is 0.0955. The standard InChI is InChI=1S/C19H26N2O2S/c1-23-17-15-10-6-7-11-16(15)24-18(17)19(22)21-13-12-20-14-8-4-2-3-5-9-14/h6-7,10-11,14,20H,2-5,8-9,12-13H2,1H3,(H,21,22). The van der Waals surface area contributed by atoms with Crippen molar-refractivity contribution in [2.45, 2.75) is 44.6 Å². The second kappa shape index (κ2) is 8.49. The molecule has 130 valence electrons. The highest BCUT2D eigenvalue weighted by atomic mass is 32.1. The molecule has 1 aliphatic carbocycles. The molecule has 0 bridgehead atoms. The molecule has 1 heterocycles. The van der Waals surface area contributed by atoms with Crippen LogP contribution in [0.5, 0.6) is 5.75 Å². The van der Waals surface area contributed by atoms with Gasteiger partial charge in [0.1, 0.15) is 10.6 Å². The average Bonchev–Trinajstić information content (AvgIpc) is 2.78. The monoisotopic (exact) mass is 346 g/mol. The molecule has 1 aliphatic rings. The summed E-state index contributed by atoms with van der Waals surface area (Å²) >= 11 is 1.49. The molecule has 1 aromatic carbocycles. The second-order valence-corrected chi connectivity index (χ2v) is 7.41. The molecule has 24 heavy (non-hydrogen) atoms. The van der Waals surface area contributed by atoms with Crippen molar-refractivity contribution in [3.8, 4) is 5.75 Å². The van der Waals surface area contributed by atoms with Crippen LogP contribution in [0.2, 0.25) is 0 Å². The van der Waals surface area contributed by atoms with Crippen molar-refractivity contribution < 1.29 is 9.53 Å². The Balaban J connectivity index is 1.53. The third-order valence-corrected chi connectivity index (χ3v) is 5.81. The van der Waals surface area contributed by atoms with Gasteiger partial charge in [-0.05, 0) is 25.0 Å². The highest BCUT2D eigenvalue weighted by Gasteiger charge is 2.18. The van der Waals surface area contributed by atoms with Gasteiger partial charge in [0.2, 0.25) is 0 Å². The van der Waals surface area contributed by atoms with Crippen LogP contribution in [0.3, 0.4) is 0 Å². The van der Waals surface area contributed by atoms with Crippen LogP contribution in [0.15, 0.2) is 24.3 Å². The maximum absolute atomic E-state index is 12.5. The van der Waals surface area contributed by atoms with Crippen LogP contribution in [0.25, 0.3) is 10.1 Å². The summed E-state index contributed by atoms with van der Waals surface area (Å²) in [5.41, 5.74) is 0. The number of methoxy groups -OCH3 is 1. The molecule has 2 N–H and O–H groups in total. The third-order valence-electron chi connectivity index (χ3n) is 4.66. The Bertz CT molecular complexity index is 675. The minimum absolute atomic E-state index is 0.0456. The van der Waals surface area contributed by atoms with Crippen molar-refractivity contribution in [1.29, 1.82) is 0 Å². The van der Waals surface area contributed by atoms with E-state index in [-0.39, 0.29) is 5.91 Å². The summed E-state index contributed by atoms with van der Waals surface area (Å²) in [4.78, 5) is 13.2. The first kappa shape index (κ1) is 17.2. The van der Waals surface area contributed by atoms with Gasteiger partial charge in [-0.15, -0.1) is 11.3 Å². The first-order valence-corrected chi connectivity index (χ1v) is 9.68. The van der Waals surface area contributed by atoms with Crippen LogP contribution >= 0.6 is 11.3 Å². The number of amides is 1. The van der Waals surface area contributed by atoms with E-state index < -0.39 is 0 Å². The van der Waals surface area contributed by atoms with Crippen molar-refractivity contribution in [3.63, 3.8) is 0 Å². The van der Waals surface area contributed by atoms with Gasteiger partial charge < -0.3 is 15.4 Å². The number of carbonyl (C=O) groups is 1. The van der Waals surface area contributed by atoms with Gasteiger partial charge in [-0.2, -0.15) is 0 Å². The van der Waals surface area contributed by atoms with Crippen LogP contribution in [0, 0.1) is 0 Å². The normalized spacial score (nSPS) is 16.0. The van der Waals surface area contributed by atoms with Gasteiger partial charge in [-0.25, -0.2) is 0 Å². The minimum Gasteiger partial charge on any atom is -0.494 e. The molecular formula is C19H26N2O2S. The number of nitrogens with one attached hydrogen (secondary N) is 2.